The van der Waals surface area contributed by atoms with Crippen molar-refractivity contribution in [2.24, 2.45) is 17.1 Å². The van der Waals surface area contributed by atoms with Crippen molar-refractivity contribution < 1.29 is 57.4 Å². The molecule has 17 nitrogen and oxygen atoms in total. The first-order valence-electron chi connectivity index (χ1n) is 20.7. The number of aliphatic hydroxyl groups is 3. The Hall–Kier alpha value is -4.11. The summed E-state index contributed by atoms with van der Waals surface area (Å²) in [5.74, 6) is -1.00. The van der Waals surface area contributed by atoms with E-state index < -0.39 is 61.9 Å². The molecule has 1 aliphatic carbocycles. The molecule has 3 aromatic rings. The van der Waals surface area contributed by atoms with Crippen LogP contribution in [0.25, 0.3) is 10.9 Å². The van der Waals surface area contributed by atoms with E-state index in [1.54, 1.807) is 7.11 Å². The van der Waals surface area contributed by atoms with Gasteiger partial charge in [0.25, 0.3) is 5.91 Å². The molecule has 1 amide bonds. The van der Waals surface area contributed by atoms with Gasteiger partial charge in [0.2, 0.25) is 0 Å². The molecule has 1 aromatic heterocycles. The topological polar surface area (TPSA) is 271 Å². The number of H-pyrrole nitrogens is 1. The van der Waals surface area contributed by atoms with Crippen molar-refractivity contribution in [3.8, 4) is 5.75 Å². The van der Waals surface area contributed by atoms with Gasteiger partial charge < -0.3 is 45.9 Å². The van der Waals surface area contributed by atoms with Gasteiger partial charge in [0.05, 0.1) is 25.9 Å². The number of esters is 1. The average Bonchev–Trinajstić information content (AvgIpc) is 3.87. The number of primary amides is 1. The summed E-state index contributed by atoms with van der Waals surface area (Å²) < 4.78 is 43.8. The molecule has 10 atom stereocenters. The fourth-order valence-electron chi connectivity index (χ4n) is 13.1. The van der Waals surface area contributed by atoms with E-state index in [1.807, 2.05) is 62.2 Å². The summed E-state index contributed by atoms with van der Waals surface area (Å²) >= 11 is 0. The fourth-order valence-corrected chi connectivity index (χ4v) is 13.1. The number of methoxy groups -OCH3 is 2. The van der Waals surface area contributed by atoms with Crippen LogP contribution in [0, 0.1) is 11.3 Å². The number of para-hydroxylation sites is 1. The Morgan fingerprint density at radius 3 is 2.36 bits per heavy atom. The average molecular weight is 870 g/mol. The van der Waals surface area contributed by atoms with Gasteiger partial charge in [0, 0.05) is 84.0 Å². The van der Waals surface area contributed by atoms with Gasteiger partial charge in [-0.25, -0.2) is 0 Å². The molecule has 10 N–H and O–H groups in total. The van der Waals surface area contributed by atoms with Crippen LogP contribution >= 0.6 is 0 Å². The summed E-state index contributed by atoms with van der Waals surface area (Å²) in [4.78, 5) is 39.3. The Kier molecular flexibility index (Phi) is 11.3. The second kappa shape index (κ2) is 15.3. The van der Waals surface area contributed by atoms with Crippen LogP contribution < -0.4 is 15.4 Å². The first-order valence-corrected chi connectivity index (χ1v) is 22.1. The molecular formula is C43H59N5O12S. The molecule has 1 saturated carbocycles. The largest absolute Gasteiger partial charge is 0.496 e. The Labute approximate surface area is 355 Å². The van der Waals surface area contributed by atoms with E-state index in [-0.39, 0.29) is 17.4 Å². The van der Waals surface area contributed by atoms with E-state index in [9.17, 15) is 20.1 Å². The molecule has 5 aliphatic heterocycles. The van der Waals surface area contributed by atoms with Gasteiger partial charge in [-0.3, -0.25) is 28.5 Å². The number of aromatic amines is 1. The number of fused-ring (bicyclic) bond motifs is 6. The number of hydrogen-bond acceptors (Lipinski definition) is 12. The summed E-state index contributed by atoms with van der Waals surface area (Å²) in [6.07, 6.45) is 5.78. The molecule has 2 aromatic carbocycles. The van der Waals surface area contributed by atoms with Gasteiger partial charge in [-0.1, -0.05) is 44.2 Å². The van der Waals surface area contributed by atoms with Gasteiger partial charge in [-0.2, -0.15) is 8.42 Å². The smallest absolute Gasteiger partial charge is 0.394 e. The molecule has 61 heavy (non-hydrogen) atoms. The highest BCUT2D eigenvalue weighted by molar-refractivity contribution is 7.79. The minimum absolute atomic E-state index is 0. The third-order valence-corrected chi connectivity index (χ3v) is 15.2. The highest BCUT2D eigenvalue weighted by atomic mass is 32.3. The number of ether oxygens (including phenoxy) is 2. The SMILES string of the molecule is CC[C@]1(O)C[C@H]2C[N@](CCc3c([nH]c4ccccc34)[C@@](C(=O)OC)(c3cc4c(cc3OC)N(C)[C@H]3[C@@](O)(C(N)=O)[C@H](O)[C@]5(CC)C=CCN6CC[C@]43[C@@H]65)C2)C1.O.O=S(=O)(O)O. The number of anilines is 1. The van der Waals surface area contributed by atoms with Crippen molar-refractivity contribution in [1.82, 2.24) is 14.8 Å². The second-order valence-electron chi connectivity index (χ2n) is 17.9. The van der Waals surface area contributed by atoms with Crippen molar-refractivity contribution in [1.29, 1.82) is 0 Å². The van der Waals surface area contributed by atoms with Crippen LogP contribution in [0.2, 0.25) is 0 Å². The monoisotopic (exact) mass is 869 g/mol. The minimum Gasteiger partial charge on any atom is -0.496 e. The second-order valence-corrected chi connectivity index (χ2v) is 18.8. The normalized spacial score (nSPS) is 36.1. The van der Waals surface area contributed by atoms with Crippen LogP contribution in [0.3, 0.4) is 0 Å². The first-order chi connectivity index (χ1) is 28.3. The van der Waals surface area contributed by atoms with Crippen LogP contribution in [0.5, 0.6) is 5.75 Å². The van der Waals surface area contributed by atoms with Gasteiger partial charge in [-0.15, -0.1) is 0 Å². The number of aliphatic hydroxyl groups excluding tert-OH is 1. The van der Waals surface area contributed by atoms with E-state index in [1.165, 1.54) is 7.11 Å². The molecule has 6 aliphatic rings. The fraction of sp³-hybridized carbons (Fsp3) is 0.581. The zero-order valence-electron chi connectivity index (χ0n) is 35.2. The Morgan fingerprint density at radius 1 is 1.02 bits per heavy atom. The number of rotatable bonds is 6. The van der Waals surface area contributed by atoms with E-state index >= 15 is 4.79 Å². The third-order valence-electron chi connectivity index (χ3n) is 15.2. The predicted octanol–water partition coefficient (Wildman–Crippen LogP) is 1.25. The Balaban J connectivity index is 0.000000885. The third kappa shape index (κ3) is 6.35. The van der Waals surface area contributed by atoms with E-state index in [0.29, 0.717) is 69.5 Å². The number of benzene rings is 2. The van der Waals surface area contributed by atoms with Crippen LogP contribution in [0.15, 0.2) is 48.6 Å². The summed E-state index contributed by atoms with van der Waals surface area (Å²) in [7, 11) is 0.225. The highest BCUT2D eigenvalue weighted by Gasteiger charge is 2.78. The zero-order chi connectivity index (χ0) is 43.4. The molecule has 0 unspecified atom stereocenters. The number of piperidine rings is 1. The maximum absolute atomic E-state index is 15.2. The van der Waals surface area contributed by atoms with E-state index in [2.05, 4.69) is 26.9 Å². The molecule has 0 radical (unpaired) electrons. The van der Waals surface area contributed by atoms with Crippen molar-refractivity contribution in [3.63, 3.8) is 0 Å². The molecule has 1 spiro atoms. The van der Waals surface area contributed by atoms with Gasteiger partial charge in [-0.05, 0) is 74.2 Å². The number of carbonyl (C=O) groups is 2. The molecule has 6 heterocycles. The maximum atomic E-state index is 15.2. The highest BCUT2D eigenvalue weighted by Crippen LogP contribution is 2.67. The minimum atomic E-state index is -4.67. The van der Waals surface area contributed by atoms with E-state index in [4.69, 9.17) is 32.7 Å². The van der Waals surface area contributed by atoms with Crippen LogP contribution in [0.4, 0.5) is 5.69 Å². The lowest BCUT2D eigenvalue weighted by Crippen LogP contribution is -2.81. The predicted molar refractivity (Wildman–Crippen MR) is 226 cm³/mol. The molecule has 9 rings (SSSR count). The number of likely N-dealkylation sites (N-methyl/N-ethyl adjacent to an activating group) is 1. The lowest BCUT2D eigenvalue weighted by Gasteiger charge is -2.63. The first kappa shape index (κ1) is 44.9. The van der Waals surface area contributed by atoms with Crippen molar-refractivity contribution in [2.45, 2.75) is 92.6 Å². The van der Waals surface area contributed by atoms with Crippen LogP contribution in [0.1, 0.15) is 68.3 Å². The Bertz CT molecular complexity index is 2370. The molecule has 3 fully saturated rings. The van der Waals surface area contributed by atoms with Gasteiger partial charge >= 0.3 is 16.4 Å². The van der Waals surface area contributed by atoms with Crippen molar-refractivity contribution in [2.75, 3.05) is 58.9 Å². The van der Waals surface area contributed by atoms with Crippen LogP contribution in [-0.4, -0.2) is 148 Å². The van der Waals surface area contributed by atoms with Crippen LogP contribution in [-0.2, 0) is 42.0 Å². The number of nitrogens with one attached hydrogen (secondary N) is 1. The number of carbonyl (C=O) groups excluding carboxylic acids is 2. The van der Waals surface area contributed by atoms with Gasteiger partial charge in [0.1, 0.15) is 17.3 Å². The Morgan fingerprint density at radius 2 is 1.72 bits per heavy atom. The standard InChI is InChI=1S/C43H55N5O7.H2O4S.H2O/c1-6-39(52)21-25-22-42(38(51)55-5,33-27(13-17-47(23-25)24-39)26-11-8-9-12-30(26)45-33)29-19-28-31(20-32(29)54-4)46(3)35-41(28)15-18-48-16-10-14-40(7-2,34(41)48)36(49)43(35,53)37(44)50;1-5(2,3)4;/h8-12,14,19-20,25,34-36,45,49,52-53H,6-7,13,15-18,21-24H2,1-5H3,(H2,44,50);(H2,1,2,3,4);1H2/t25-,34+,35-,36-,39+,40-,41-,42+,43+;;/m1../s1. The number of hydrogen-bond donors (Lipinski definition) is 7. The zero-order valence-corrected chi connectivity index (χ0v) is 36.0. The lowest BCUT2D eigenvalue weighted by molar-refractivity contribution is -0.201. The van der Waals surface area contributed by atoms with Gasteiger partial charge in [0.15, 0.2) is 5.60 Å². The number of aromatic nitrogens is 1. The lowest BCUT2D eigenvalue weighted by atomic mass is 9.47. The molecule has 334 valence electrons. The summed E-state index contributed by atoms with van der Waals surface area (Å²) in [6.45, 7) is 7.39. The summed E-state index contributed by atoms with van der Waals surface area (Å²) in [5, 5.41) is 38.0. The molecule has 18 heteroatoms. The summed E-state index contributed by atoms with van der Waals surface area (Å²) in [5.41, 5.74) is 4.72. The number of nitrogens with two attached hydrogens (primary N) is 1. The van der Waals surface area contributed by atoms with Crippen molar-refractivity contribution in [3.05, 3.63) is 70.9 Å². The molecule has 2 bridgehead atoms. The van der Waals surface area contributed by atoms with Crippen molar-refractivity contribution >= 4 is 38.9 Å². The quantitative estimate of drug-likeness (QED) is 0.104. The maximum Gasteiger partial charge on any atom is 0.394 e. The summed E-state index contributed by atoms with van der Waals surface area (Å²) in [6, 6.07) is 11.0. The number of amides is 1. The molecule has 2 saturated heterocycles. The van der Waals surface area contributed by atoms with E-state index in [0.717, 1.165) is 46.5 Å². The molecular weight excluding hydrogens is 811 g/mol. The number of nitrogens with zero attached hydrogens (tertiary/aromatic N) is 3.